The lowest BCUT2D eigenvalue weighted by atomic mass is 10.1. The van der Waals surface area contributed by atoms with Gasteiger partial charge in [0, 0.05) is 25.0 Å². The Morgan fingerprint density at radius 2 is 2.00 bits per heavy atom. The van der Waals surface area contributed by atoms with Crippen molar-refractivity contribution in [3.05, 3.63) is 54.5 Å². The van der Waals surface area contributed by atoms with E-state index in [4.69, 9.17) is 10.1 Å². The van der Waals surface area contributed by atoms with Gasteiger partial charge >= 0.3 is 0 Å². The van der Waals surface area contributed by atoms with E-state index in [1.807, 2.05) is 39.8 Å². The largest absolute Gasteiger partial charge is 0.262 e. The van der Waals surface area contributed by atoms with E-state index >= 15 is 0 Å². The second-order valence-corrected chi connectivity index (χ2v) is 5.99. The maximum absolute atomic E-state index is 4.80. The standard InChI is InChI=1S/C17H22N6/c1-4-14(22-11-7-10-19-22)17-20-15(12-13(2)3)21-23(17)16-8-5-6-9-18-16/h5-11,13-14H,4,12H2,1-3H3/t14-/m0/s1. The van der Waals surface area contributed by atoms with Gasteiger partial charge in [0.1, 0.15) is 6.04 Å². The second kappa shape index (κ2) is 6.73. The summed E-state index contributed by atoms with van der Waals surface area (Å²) in [4.78, 5) is 9.24. The van der Waals surface area contributed by atoms with Gasteiger partial charge in [-0.25, -0.2) is 9.97 Å². The zero-order chi connectivity index (χ0) is 16.2. The third-order valence-electron chi connectivity index (χ3n) is 3.66. The first kappa shape index (κ1) is 15.4. The Morgan fingerprint density at radius 3 is 2.61 bits per heavy atom. The van der Waals surface area contributed by atoms with Crippen molar-refractivity contribution in [3.8, 4) is 5.82 Å². The molecule has 3 aromatic heterocycles. The number of pyridine rings is 1. The highest BCUT2D eigenvalue weighted by atomic mass is 15.4. The molecule has 0 radical (unpaired) electrons. The van der Waals surface area contributed by atoms with Gasteiger partial charge < -0.3 is 0 Å². The minimum absolute atomic E-state index is 0.0421. The molecule has 0 aromatic carbocycles. The van der Waals surface area contributed by atoms with Gasteiger partial charge in [-0.1, -0.05) is 26.8 Å². The van der Waals surface area contributed by atoms with E-state index in [1.165, 1.54) is 0 Å². The molecule has 0 aliphatic heterocycles. The van der Waals surface area contributed by atoms with Gasteiger partial charge in [0.25, 0.3) is 0 Å². The van der Waals surface area contributed by atoms with Crippen LogP contribution in [0.5, 0.6) is 0 Å². The topological polar surface area (TPSA) is 61.4 Å². The molecule has 0 bridgehead atoms. The van der Waals surface area contributed by atoms with Crippen LogP contribution in [0.2, 0.25) is 0 Å². The molecular formula is C17H22N6. The summed E-state index contributed by atoms with van der Waals surface area (Å²) in [5.41, 5.74) is 0. The Hall–Kier alpha value is -2.50. The lowest BCUT2D eigenvalue weighted by Crippen LogP contribution is -2.16. The highest BCUT2D eigenvalue weighted by Crippen LogP contribution is 2.22. The summed E-state index contributed by atoms with van der Waals surface area (Å²) >= 11 is 0. The Morgan fingerprint density at radius 1 is 1.13 bits per heavy atom. The van der Waals surface area contributed by atoms with Gasteiger partial charge in [0.15, 0.2) is 17.5 Å². The third-order valence-corrected chi connectivity index (χ3v) is 3.66. The normalized spacial score (nSPS) is 12.7. The van der Waals surface area contributed by atoms with Gasteiger partial charge in [-0.3, -0.25) is 4.68 Å². The Bertz CT molecular complexity index is 730. The summed E-state index contributed by atoms with van der Waals surface area (Å²) in [5, 5.41) is 9.09. The van der Waals surface area contributed by atoms with Gasteiger partial charge in [-0.2, -0.15) is 9.78 Å². The van der Waals surface area contributed by atoms with E-state index < -0.39 is 0 Å². The first-order chi connectivity index (χ1) is 11.2. The fourth-order valence-corrected chi connectivity index (χ4v) is 2.64. The molecule has 0 aliphatic rings. The lowest BCUT2D eigenvalue weighted by molar-refractivity contribution is 0.473. The maximum atomic E-state index is 4.80. The van der Waals surface area contributed by atoms with Gasteiger partial charge in [0.05, 0.1) is 0 Å². The quantitative estimate of drug-likeness (QED) is 0.702. The van der Waals surface area contributed by atoms with E-state index in [0.717, 1.165) is 30.3 Å². The van der Waals surface area contributed by atoms with Crippen LogP contribution in [-0.2, 0) is 6.42 Å². The predicted octanol–water partition coefficient (Wildman–Crippen LogP) is 3.06. The summed E-state index contributed by atoms with van der Waals surface area (Å²) in [6, 6.07) is 7.79. The summed E-state index contributed by atoms with van der Waals surface area (Å²) in [6.45, 7) is 6.48. The van der Waals surface area contributed by atoms with Gasteiger partial charge in [0.2, 0.25) is 0 Å². The number of nitrogens with zero attached hydrogens (tertiary/aromatic N) is 6. The first-order valence-electron chi connectivity index (χ1n) is 8.05. The number of rotatable bonds is 6. The predicted molar refractivity (Wildman–Crippen MR) is 88.4 cm³/mol. The van der Waals surface area contributed by atoms with Gasteiger partial charge in [-0.05, 0) is 30.5 Å². The first-order valence-corrected chi connectivity index (χ1v) is 8.05. The van der Waals surface area contributed by atoms with Crippen molar-refractivity contribution in [2.24, 2.45) is 5.92 Å². The molecule has 120 valence electrons. The number of hydrogen-bond acceptors (Lipinski definition) is 4. The van der Waals surface area contributed by atoms with E-state index in [-0.39, 0.29) is 6.04 Å². The highest BCUT2D eigenvalue weighted by Gasteiger charge is 2.22. The molecule has 0 spiro atoms. The number of aromatic nitrogens is 6. The number of hydrogen-bond donors (Lipinski definition) is 0. The Labute approximate surface area is 136 Å². The monoisotopic (exact) mass is 310 g/mol. The molecule has 0 aliphatic carbocycles. The smallest absolute Gasteiger partial charge is 0.159 e. The Balaban J connectivity index is 2.08. The van der Waals surface area contributed by atoms with Crippen molar-refractivity contribution >= 4 is 0 Å². The SMILES string of the molecule is CC[C@@H](c1nc(CC(C)C)nn1-c1ccccn1)n1cccn1. The summed E-state index contributed by atoms with van der Waals surface area (Å²) < 4.78 is 3.79. The van der Waals surface area contributed by atoms with Crippen LogP contribution in [0.25, 0.3) is 5.82 Å². The van der Waals surface area contributed by atoms with Crippen LogP contribution in [-0.4, -0.2) is 29.5 Å². The maximum Gasteiger partial charge on any atom is 0.159 e. The molecule has 0 fully saturated rings. The molecule has 0 unspecified atom stereocenters. The van der Waals surface area contributed by atoms with Crippen LogP contribution in [0.3, 0.4) is 0 Å². The molecule has 3 rings (SSSR count). The van der Waals surface area contributed by atoms with E-state index in [1.54, 1.807) is 12.4 Å². The van der Waals surface area contributed by atoms with E-state index in [9.17, 15) is 0 Å². The van der Waals surface area contributed by atoms with Crippen LogP contribution in [0.15, 0.2) is 42.9 Å². The zero-order valence-corrected chi connectivity index (χ0v) is 13.8. The second-order valence-electron chi connectivity index (χ2n) is 5.99. The minimum Gasteiger partial charge on any atom is -0.262 e. The lowest BCUT2D eigenvalue weighted by Gasteiger charge is -2.15. The van der Waals surface area contributed by atoms with Crippen LogP contribution in [0.4, 0.5) is 0 Å². The third kappa shape index (κ3) is 3.31. The highest BCUT2D eigenvalue weighted by molar-refractivity contribution is 5.23. The van der Waals surface area contributed by atoms with Crippen molar-refractivity contribution in [1.29, 1.82) is 0 Å². The van der Waals surface area contributed by atoms with Crippen LogP contribution < -0.4 is 0 Å². The summed E-state index contributed by atoms with van der Waals surface area (Å²) in [6.07, 6.45) is 7.27. The Kier molecular flexibility index (Phi) is 4.50. The van der Waals surface area contributed by atoms with Gasteiger partial charge in [-0.15, -0.1) is 5.10 Å². The molecule has 0 saturated heterocycles. The molecule has 0 saturated carbocycles. The van der Waals surface area contributed by atoms with Crippen LogP contribution >= 0.6 is 0 Å². The van der Waals surface area contributed by atoms with Crippen molar-refractivity contribution < 1.29 is 0 Å². The molecule has 23 heavy (non-hydrogen) atoms. The molecular weight excluding hydrogens is 288 g/mol. The molecule has 6 nitrogen and oxygen atoms in total. The van der Waals surface area contributed by atoms with E-state index in [2.05, 4.69) is 30.9 Å². The average Bonchev–Trinajstić information content (AvgIpc) is 3.19. The molecule has 1 atom stereocenters. The van der Waals surface area contributed by atoms with Crippen molar-refractivity contribution in [2.45, 2.75) is 39.7 Å². The average molecular weight is 310 g/mol. The molecule has 3 aromatic rings. The fourth-order valence-electron chi connectivity index (χ4n) is 2.64. The molecule has 0 N–H and O–H groups in total. The molecule has 3 heterocycles. The summed E-state index contributed by atoms with van der Waals surface area (Å²) in [7, 11) is 0. The van der Waals surface area contributed by atoms with Crippen molar-refractivity contribution in [1.82, 2.24) is 29.5 Å². The fraction of sp³-hybridized carbons (Fsp3) is 0.412. The molecule has 6 heteroatoms. The van der Waals surface area contributed by atoms with Crippen molar-refractivity contribution in [2.75, 3.05) is 0 Å². The van der Waals surface area contributed by atoms with Crippen LogP contribution in [0, 0.1) is 5.92 Å². The minimum atomic E-state index is 0.0421. The summed E-state index contributed by atoms with van der Waals surface area (Å²) in [5.74, 6) is 3.03. The molecule has 0 amide bonds. The van der Waals surface area contributed by atoms with Crippen molar-refractivity contribution in [3.63, 3.8) is 0 Å². The van der Waals surface area contributed by atoms with Crippen LogP contribution in [0.1, 0.15) is 44.9 Å². The van der Waals surface area contributed by atoms with E-state index in [0.29, 0.717) is 5.92 Å². The zero-order valence-electron chi connectivity index (χ0n) is 13.8.